The third-order valence-electron chi connectivity index (χ3n) is 10.1. The minimum atomic E-state index is -0.114. The summed E-state index contributed by atoms with van der Waals surface area (Å²) in [5.74, 6) is 0. The fourth-order valence-electron chi connectivity index (χ4n) is 8.31. The van der Waals surface area contributed by atoms with Gasteiger partial charge in [-0.3, -0.25) is 0 Å². The molecule has 4 aliphatic rings. The Bertz CT molecular complexity index is 1420. The zero-order chi connectivity index (χ0) is 25.9. The highest BCUT2D eigenvalue weighted by Crippen LogP contribution is 2.53. The number of fused-ring (bicyclic) bond motifs is 4. The molecule has 3 aromatic rings. The quantitative estimate of drug-likeness (QED) is 0.362. The molecular weight excluding hydrogens is 447 g/mol. The van der Waals surface area contributed by atoms with E-state index in [1.54, 1.807) is 5.46 Å². The van der Waals surface area contributed by atoms with Gasteiger partial charge in [0, 0.05) is 17.1 Å². The van der Waals surface area contributed by atoms with E-state index in [-0.39, 0.29) is 23.2 Å². The summed E-state index contributed by atoms with van der Waals surface area (Å²) in [7, 11) is 0. The van der Waals surface area contributed by atoms with Crippen LogP contribution in [0.2, 0.25) is 0 Å². The Balaban J connectivity index is 1.58. The van der Waals surface area contributed by atoms with Gasteiger partial charge in [-0.25, -0.2) is 0 Å². The van der Waals surface area contributed by atoms with Gasteiger partial charge in [0.1, 0.15) is 5.66 Å². The van der Waals surface area contributed by atoms with Crippen LogP contribution >= 0.6 is 0 Å². The SMILES string of the molecule is CC(C)(C)c1cc2c3c(c1)C(C)(C)c1ccccc1B3c1cccc3c1N2C(C)(C)N3C1CCCCC1. The van der Waals surface area contributed by atoms with Crippen LogP contribution in [-0.4, -0.2) is 18.4 Å². The van der Waals surface area contributed by atoms with Crippen molar-refractivity contribution >= 4 is 40.2 Å². The van der Waals surface area contributed by atoms with Gasteiger partial charge in [-0.05, 0) is 71.9 Å². The molecule has 0 saturated heterocycles. The molecule has 3 aromatic carbocycles. The van der Waals surface area contributed by atoms with Crippen molar-refractivity contribution in [1.29, 1.82) is 0 Å². The van der Waals surface area contributed by atoms with Gasteiger partial charge in [-0.2, -0.15) is 0 Å². The smallest absolute Gasteiger partial charge is 0.247 e. The van der Waals surface area contributed by atoms with Crippen molar-refractivity contribution in [1.82, 2.24) is 0 Å². The summed E-state index contributed by atoms with van der Waals surface area (Å²) < 4.78 is 0. The van der Waals surface area contributed by atoms with E-state index >= 15 is 0 Å². The summed E-state index contributed by atoms with van der Waals surface area (Å²) in [6.07, 6.45) is 6.70. The molecule has 3 heterocycles. The minimum absolute atomic E-state index is 0.0412. The number of nitrogens with zero attached hydrogens (tertiary/aromatic N) is 2. The van der Waals surface area contributed by atoms with Gasteiger partial charge in [0.15, 0.2) is 0 Å². The second kappa shape index (κ2) is 7.46. The van der Waals surface area contributed by atoms with Crippen LogP contribution in [0.15, 0.2) is 54.6 Å². The standard InChI is InChI=1S/C34H41BN2/c1-32(2,3)22-20-25-30-29(21-22)37-31-27(35(30)26-17-12-11-16-24(26)33(25,4)5)18-13-19-28(31)36(34(37,6)7)23-14-9-8-10-15-23/h11-13,16-21,23H,8-10,14-15H2,1-7H3. The Hall–Kier alpha value is -2.68. The van der Waals surface area contributed by atoms with Crippen molar-refractivity contribution in [3.63, 3.8) is 0 Å². The van der Waals surface area contributed by atoms with Crippen LogP contribution in [0.4, 0.5) is 17.1 Å². The van der Waals surface area contributed by atoms with E-state index in [0.29, 0.717) is 6.04 Å². The molecule has 0 atom stereocenters. The summed E-state index contributed by atoms with van der Waals surface area (Å²) in [5.41, 5.74) is 13.2. The van der Waals surface area contributed by atoms with Crippen molar-refractivity contribution in [2.75, 3.05) is 9.80 Å². The highest BCUT2D eigenvalue weighted by molar-refractivity contribution is 6.99. The predicted octanol–water partition coefficient (Wildman–Crippen LogP) is 6.48. The van der Waals surface area contributed by atoms with Gasteiger partial charge in [0.25, 0.3) is 0 Å². The average molecular weight is 489 g/mol. The van der Waals surface area contributed by atoms with Crippen LogP contribution in [0.1, 0.15) is 97.3 Å². The van der Waals surface area contributed by atoms with Crippen LogP contribution in [0.5, 0.6) is 0 Å². The lowest BCUT2D eigenvalue weighted by molar-refractivity contribution is 0.354. The van der Waals surface area contributed by atoms with Crippen molar-refractivity contribution in [2.45, 2.75) is 103 Å². The maximum absolute atomic E-state index is 2.82. The van der Waals surface area contributed by atoms with Gasteiger partial charge in [0.05, 0.1) is 11.4 Å². The first-order chi connectivity index (χ1) is 17.5. The maximum Gasteiger partial charge on any atom is 0.247 e. The second-order valence-corrected chi connectivity index (χ2v) is 14.1. The molecule has 0 spiro atoms. The zero-order valence-corrected chi connectivity index (χ0v) is 23.8. The third kappa shape index (κ3) is 3.00. The molecule has 0 amide bonds. The van der Waals surface area contributed by atoms with Gasteiger partial charge in [-0.15, -0.1) is 0 Å². The van der Waals surface area contributed by atoms with Crippen LogP contribution < -0.4 is 26.2 Å². The minimum Gasteiger partial charge on any atom is -0.344 e. The van der Waals surface area contributed by atoms with Crippen LogP contribution in [0.3, 0.4) is 0 Å². The Labute approximate surface area is 224 Å². The highest BCUT2D eigenvalue weighted by atomic mass is 15.5. The topological polar surface area (TPSA) is 6.48 Å². The van der Waals surface area contributed by atoms with Gasteiger partial charge < -0.3 is 9.80 Å². The van der Waals surface area contributed by atoms with Crippen molar-refractivity contribution < 1.29 is 0 Å². The van der Waals surface area contributed by atoms with Crippen LogP contribution in [0.25, 0.3) is 0 Å². The molecule has 2 nitrogen and oxygen atoms in total. The molecule has 190 valence electrons. The predicted molar refractivity (Wildman–Crippen MR) is 160 cm³/mol. The Morgan fingerprint density at radius 2 is 1.49 bits per heavy atom. The molecule has 0 aromatic heterocycles. The van der Waals surface area contributed by atoms with E-state index in [4.69, 9.17) is 0 Å². The van der Waals surface area contributed by atoms with E-state index in [2.05, 4.69) is 113 Å². The first kappa shape index (κ1) is 23.4. The molecular formula is C34H41BN2. The van der Waals surface area contributed by atoms with Gasteiger partial charge in [0.2, 0.25) is 6.71 Å². The van der Waals surface area contributed by atoms with Crippen molar-refractivity contribution in [3.05, 3.63) is 71.3 Å². The molecule has 0 unspecified atom stereocenters. The largest absolute Gasteiger partial charge is 0.344 e. The summed E-state index contributed by atoms with van der Waals surface area (Å²) in [6.45, 7) is 17.2. The first-order valence-electron chi connectivity index (χ1n) is 14.5. The van der Waals surface area contributed by atoms with Crippen molar-refractivity contribution in [2.24, 2.45) is 0 Å². The molecule has 0 bridgehead atoms. The molecule has 1 fully saturated rings. The maximum atomic E-state index is 2.82. The Morgan fingerprint density at radius 1 is 0.784 bits per heavy atom. The first-order valence-corrected chi connectivity index (χ1v) is 14.5. The van der Waals surface area contributed by atoms with E-state index in [1.165, 1.54) is 76.8 Å². The number of anilines is 3. The normalized spacial score (nSPS) is 21.0. The average Bonchev–Trinajstić information content (AvgIpc) is 3.10. The lowest BCUT2D eigenvalue weighted by atomic mass is 9.30. The number of para-hydroxylation sites is 1. The van der Waals surface area contributed by atoms with Crippen LogP contribution in [-0.2, 0) is 10.8 Å². The van der Waals surface area contributed by atoms with Crippen LogP contribution in [0, 0.1) is 0 Å². The monoisotopic (exact) mass is 488 g/mol. The lowest BCUT2D eigenvalue weighted by Gasteiger charge is -2.50. The second-order valence-electron chi connectivity index (χ2n) is 14.1. The van der Waals surface area contributed by atoms with E-state index in [9.17, 15) is 0 Å². The van der Waals surface area contributed by atoms with E-state index < -0.39 is 0 Å². The molecule has 3 aliphatic heterocycles. The fourth-order valence-corrected chi connectivity index (χ4v) is 8.31. The summed E-state index contributed by atoms with van der Waals surface area (Å²) in [5, 5.41) is 0. The lowest BCUT2D eigenvalue weighted by Crippen LogP contribution is -2.66. The number of benzene rings is 3. The molecule has 0 radical (unpaired) electrons. The number of hydrogen-bond acceptors (Lipinski definition) is 2. The third-order valence-corrected chi connectivity index (χ3v) is 10.1. The number of rotatable bonds is 1. The molecule has 7 rings (SSSR count). The molecule has 3 heteroatoms. The number of hydrogen-bond donors (Lipinski definition) is 0. The van der Waals surface area contributed by atoms with E-state index in [1.807, 2.05) is 0 Å². The van der Waals surface area contributed by atoms with E-state index in [0.717, 1.165) is 0 Å². The zero-order valence-electron chi connectivity index (χ0n) is 23.8. The molecule has 1 aliphatic carbocycles. The highest BCUT2D eigenvalue weighted by Gasteiger charge is 2.54. The Morgan fingerprint density at radius 3 is 2.22 bits per heavy atom. The fraction of sp³-hybridized carbons (Fsp3) is 0.471. The molecule has 1 saturated carbocycles. The molecule has 0 N–H and O–H groups in total. The summed E-state index contributed by atoms with van der Waals surface area (Å²) in [6, 6.07) is 22.2. The van der Waals surface area contributed by atoms with Gasteiger partial charge in [-0.1, -0.05) is 102 Å². The Kier molecular flexibility index (Phi) is 4.73. The summed E-state index contributed by atoms with van der Waals surface area (Å²) >= 11 is 0. The summed E-state index contributed by atoms with van der Waals surface area (Å²) in [4.78, 5) is 5.57. The van der Waals surface area contributed by atoms with Crippen molar-refractivity contribution in [3.8, 4) is 0 Å². The van der Waals surface area contributed by atoms with Gasteiger partial charge >= 0.3 is 0 Å². The molecule has 37 heavy (non-hydrogen) atoms.